The third-order valence-electron chi connectivity index (χ3n) is 2.61. The van der Waals surface area contributed by atoms with Gasteiger partial charge in [0.1, 0.15) is 11.0 Å². The largest absolute Gasteiger partial charge is 0.358 e. The topological polar surface area (TPSA) is 79.5 Å². The Hall–Kier alpha value is -2.91. The van der Waals surface area contributed by atoms with Gasteiger partial charge in [-0.1, -0.05) is 59.8 Å². The number of nitriles is 1. The van der Waals surface area contributed by atoms with Crippen LogP contribution in [0, 0.1) is 11.3 Å². The summed E-state index contributed by atoms with van der Waals surface area (Å²) in [5.74, 6) is 0. The molecule has 110 valence electrons. The standard InChI is InChI=1S/C16H12N2O3S/c17-13-15(12-11-14-7-3-1-4-8-14)18-21-22(19,20)16-9-5-2-6-10-16/h1-12H. The highest BCUT2D eigenvalue weighted by atomic mass is 32.2. The Morgan fingerprint density at radius 2 is 1.64 bits per heavy atom. The van der Waals surface area contributed by atoms with E-state index in [1.54, 1.807) is 30.3 Å². The molecule has 5 nitrogen and oxygen atoms in total. The molecule has 0 unspecified atom stereocenters. The van der Waals surface area contributed by atoms with Gasteiger partial charge in [-0.05, 0) is 23.8 Å². The van der Waals surface area contributed by atoms with Gasteiger partial charge in [0.05, 0.1) is 0 Å². The Kier molecular flexibility index (Phi) is 5.07. The van der Waals surface area contributed by atoms with Crippen LogP contribution in [0.2, 0.25) is 0 Å². The van der Waals surface area contributed by atoms with E-state index in [4.69, 9.17) is 5.26 Å². The molecule has 0 saturated carbocycles. The van der Waals surface area contributed by atoms with Crippen LogP contribution in [0.1, 0.15) is 5.56 Å². The fourth-order valence-corrected chi connectivity index (χ4v) is 2.30. The lowest BCUT2D eigenvalue weighted by atomic mass is 10.2. The van der Waals surface area contributed by atoms with Gasteiger partial charge in [0, 0.05) is 0 Å². The van der Waals surface area contributed by atoms with Gasteiger partial charge >= 0.3 is 10.1 Å². The van der Waals surface area contributed by atoms with Crippen molar-refractivity contribution in [3.8, 4) is 6.07 Å². The summed E-state index contributed by atoms with van der Waals surface area (Å²) in [5.41, 5.74) is 0.708. The van der Waals surface area contributed by atoms with Gasteiger partial charge in [-0.25, -0.2) is 0 Å². The Bertz CT molecular complexity index is 821. The van der Waals surface area contributed by atoms with Gasteiger partial charge < -0.3 is 0 Å². The lowest BCUT2D eigenvalue weighted by Gasteiger charge is -2.00. The third-order valence-corrected chi connectivity index (χ3v) is 3.73. The number of rotatable bonds is 5. The molecule has 0 bridgehead atoms. The minimum absolute atomic E-state index is 0.0249. The molecule has 0 aliphatic heterocycles. The SMILES string of the molecule is N#CC(C=Cc1ccccc1)=NOS(=O)(=O)c1ccccc1. The second kappa shape index (κ2) is 7.20. The maximum atomic E-state index is 11.9. The fraction of sp³-hybridized carbons (Fsp3) is 0. The Balaban J connectivity index is 2.14. The number of nitrogens with zero attached hydrogens (tertiary/aromatic N) is 2. The van der Waals surface area contributed by atoms with Gasteiger partial charge in [0.2, 0.25) is 0 Å². The molecule has 0 aliphatic rings. The van der Waals surface area contributed by atoms with Crippen molar-refractivity contribution < 1.29 is 12.7 Å². The average molecular weight is 312 g/mol. The molecule has 22 heavy (non-hydrogen) atoms. The molecule has 6 heteroatoms. The lowest BCUT2D eigenvalue weighted by molar-refractivity contribution is 0.340. The lowest BCUT2D eigenvalue weighted by Crippen LogP contribution is -2.04. The summed E-state index contributed by atoms with van der Waals surface area (Å²) in [6.07, 6.45) is 3.02. The van der Waals surface area contributed by atoms with E-state index in [1.165, 1.54) is 18.2 Å². The Morgan fingerprint density at radius 3 is 2.23 bits per heavy atom. The minimum Gasteiger partial charge on any atom is -0.263 e. The van der Waals surface area contributed by atoms with Crippen LogP contribution in [-0.4, -0.2) is 14.1 Å². The first-order valence-corrected chi connectivity index (χ1v) is 7.72. The highest BCUT2D eigenvalue weighted by Gasteiger charge is 2.14. The zero-order valence-electron chi connectivity index (χ0n) is 11.5. The quantitative estimate of drug-likeness (QED) is 0.628. The summed E-state index contributed by atoms with van der Waals surface area (Å²) in [4.78, 5) is -0.0249. The fourth-order valence-electron chi connectivity index (χ4n) is 1.55. The molecule has 0 amide bonds. The van der Waals surface area contributed by atoms with E-state index in [2.05, 4.69) is 9.44 Å². The van der Waals surface area contributed by atoms with E-state index in [-0.39, 0.29) is 10.6 Å². The van der Waals surface area contributed by atoms with Crippen molar-refractivity contribution >= 4 is 21.9 Å². The molecule has 0 aromatic heterocycles. The predicted molar refractivity (Wildman–Crippen MR) is 83.2 cm³/mol. The number of hydrogen-bond acceptors (Lipinski definition) is 5. The van der Waals surface area contributed by atoms with Gasteiger partial charge in [-0.15, -0.1) is 0 Å². The van der Waals surface area contributed by atoms with Crippen molar-refractivity contribution in [2.45, 2.75) is 4.90 Å². The summed E-state index contributed by atoms with van der Waals surface area (Å²) in [5, 5.41) is 12.4. The van der Waals surface area contributed by atoms with Crippen molar-refractivity contribution in [1.29, 1.82) is 5.26 Å². The number of hydrogen-bond donors (Lipinski definition) is 0. The molecule has 0 saturated heterocycles. The molecule has 2 rings (SSSR count). The monoisotopic (exact) mass is 312 g/mol. The minimum atomic E-state index is -4.02. The van der Waals surface area contributed by atoms with Crippen LogP contribution in [0.15, 0.2) is 76.8 Å². The van der Waals surface area contributed by atoms with Crippen LogP contribution in [0.3, 0.4) is 0 Å². The summed E-state index contributed by atoms with van der Waals surface area (Å²) < 4.78 is 28.3. The number of allylic oxidation sites excluding steroid dienone is 1. The van der Waals surface area contributed by atoms with E-state index in [0.717, 1.165) is 5.56 Å². The van der Waals surface area contributed by atoms with Crippen molar-refractivity contribution in [2.24, 2.45) is 5.16 Å². The van der Waals surface area contributed by atoms with E-state index in [9.17, 15) is 8.42 Å². The van der Waals surface area contributed by atoms with Crippen LogP contribution in [0.4, 0.5) is 0 Å². The maximum absolute atomic E-state index is 11.9. The first kappa shape index (κ1) is 15.5. The normalized spacial score (nSPS) is 12.0. The zero-order valence-corrected chi connectivity index (χ0v) is 12.3. The van der Waals surface area contributed by atoms with Gasteiger partial charge in [-0.3, -0.25) is 4.28 Å². The first-order chi connectivity index (χ1) is 10.6. The van der Waals surface area contributed by atoms with E-state index in [1.807, 2.05) is 30.3 Å². The first-order valence-electron chi connectivity index (χ1n) is 6.32. The Labute approximate surface area is 128 Å². The third kappa shape index (κ3) is 4.30. The van der Waals surface area contributed by atoms with Crippen molar-refractivity contribution in [1.82, 2.24) is 0 Å². The molecule has 0 radical (unpaired) electrons. The van der Waals surface area contributed by atoms with Crippen LogP contribution in [0.25, 0.3) is 6.08 Å². The summed E-state index contributed by atoms with van der Waals surface area (Å²) in [7, 11) is -4.02. The molecule has 0 fully saturated rings. The second-order valence-electron chi connectivity index (χ2n) is 4.17. The number of benzene rings is 2. The molecule has 0 atom stereocenters. The predicted octanol–water partition coefficient (Wildman–Crippen LogP) is 2.98. The van der Waals surface area contributed by atoms with Crippen molar-refractivity contribution in [2.75, 3.05) is 0 Å². The average Bonchev–Trinajstić information content (AvgIpc) is 2.57. The molecule has 2 aromatic rings. The summed E-state index contributed by atoms with van der Waals surface area (Å²) in [6, 6.07) is 18.6. The van der Waals surface area contributed by atoms with Gasteiger partial charge in [0.15, 0.2) is 5.71 Å². The summed E-state index contributed by atoms with van der Waals surface area (Å²) in [6.45, 7) is 0. The van der Waals surface area contributed by atoms with Crippen LogP contribution >= 0.6 is 0 Å². The molecular formula is C16H12N2O3S. The molecule has 0 aliphatic carbocycles. The van der Waals surface area contributed by atoms with Crippen molar-refractivity contribution in [3.05, 3.63) is 72.3 Å². The molecule has 0 spiro atoms. The van der Waals surface area contributed by atoms with Crippen LogP contribution in [-0.2, 0) is 14.4 Å². The highest BCUT2D eigenvalue weighted by molar-refractivity contribution is 7.86. The van der Waals surface area contributed by atoms with Gasteiger partial charge in [0.25, 0.3) is 0 Å². The van der Waals surface area contributed by atoms with E-state index >= 15 is 0 Å². The maximum Gasteiger partial charge on any atom is 0.358 e. The molecule has 0 N–H and O–H groups in total. The van der Waals surface area contributed by atoms with Crippen molar-refractivity contribution in [3.63, 3.8) is 0 Å². The van der Waals surface area contributed by atoms with Crippen LogP contribution < -0.4 is 0 Å². The van der Waals surface area contributed by atoms with E-state index in [0.29, 0.717) is 0 Å². The summed E-state index contributed by atoms with van der Waals surface area (Å²) >= 11 is 0. The van der Waals surface area contributed by atoms with E-state index < -0.39 is 10.1 Å². The Morgan fingerprint density at radius 1 is 1.05 bits per heavy atom. The molecule has 2 aromatic carbocycles. The second-order valence-corrected chi connectivity index (χ2v) is 5.70. The smallest absolute Gasteiger partial charge is 0.263 e. The highest BCUT2D eigenvalue weighted by Crippen LogP contribution is 2.11. The molecule has 0 heterocycles. The van der Waals surface area contributed by atoms with Gasteiger partial charge in [-0.2, -0.15) is 13.7 Å². The van der Waals surface area contributed by atoms with Crippen LogP contribution in [0.5, 0.6) is 0 Å². The zero-order chi connectivity index (χ0) is 15.8. The number of oxime groups is 1. The molecular weight excluding hydrogens is 300 g/mol.